The number of ether oxygens (including phenoxy) is 2. The van der Waals surface area contributed by atoms with E-state index in [4.69, 9.17) is 9.47 Å². The van der Waals surface area contributed by atoms with E-state index < -0.39 is 28.0 Å². The Morgan fingerprint density at radius 3 is 2.19 bits per heavy atom. The smallest absolute Gasteiger partial charge is 0.307 e. The highest BCUT2D eigenvalue weighted by Crippen LogP contribution is 2.37. The summed E-state index contributed by atoms with van der Waals surface area (Å²) in [5.41, 5.74) is 0.978. The minimum absolute atomic E-state index is 0.0154. The van der Waals surface area contributed by atoms with E-state index in [2.05, 4.69) is 13.2 Å². The molecule has 8 heteroatoms. The van der Waals surface area contributed by atoms with Gasteiger partial charge in [-0.1, -0.05) is 44.4 Å². The van der Waals surface area contributed by atoms with Gasteiger partial charge in [0.2, 0.25) is 0 Å². The Hall–Kier alpha value is -3.39. The molecule has 0 amide bonds. The van der Waals surface area contributed by atoms with Crippen molar-refractivity contribution in [3.8, 4) is 11.5 Å². The fourth-order valence-corrected chi connectivity index (χ4v) is 3.93. The van der Waals surface area contributed by atoms with Gasteiger partial charge in [0, 0.05) is 17.9 Å². The lowest BCUT2D eigenvalue weighted by molar-refractivity contribution is -0.136. The van der Waals surface area contributed by atoms with Gasteiger partial charge in [0.25, 0.3) is 0 Å². The summed E-state index contributed by atoms with van der Waals surface area (Å²) in [6.45, 7) is 9.31. The van der Waals surface area contributed by atoms with Crippen molar-refractivity contribution in [2.45, 2.75) is 24.7 Å². The van der Waals surface area contributed by atoms with Crippen LogP contribution in [0.3, 0.4) is 0 Å². The van der Waals surface area contributed by atoms with Crippen molar-refractivity contribution >= 4 is 21.6 Å². The highest BCUT2D eigenvalue weighted by Gasteiger charge is 2.27. The van der Waals surface area contributed by atoms with Gasteiger partial charge >= 0.3 is 5.97 Å². The maximum Gasteiger partial charge on any atom is 0.307 e. The Bertz CT molecular complexity index is 1150. The highest BCUT2D eigenvalue weighted by atomic mass is 32.2. The molecule has 0 aliphatic heterocycles. The van der Waals surface area contributed by atoms with Crippen LogP contribution in [0.25, 0.3) is 0 Å². The van der Waals surface area contributed by atoms with Crippen molar-refractivity contribution in [1.82, 2.24) is 0 Å². The predicted octanol–water partition coefficient (Wildman–Crippen LogP) is 3.64. The third-order valence-electron chi connectivity index (χ3n) is 4.62. The van der Waals surface area contributed by atoms with Crippen LogP contribution in [0.1, 0.15) is 34.0 Å². The van der Waals surface area contributed by atoms with E-state index in [-0.39, 0.29) is 40.5 Å². The minimum Gasteiger partial charge on any atom is -0.489 e. The van der Waals surface area contributed by atoms with Crippen LogP contribution in [0.2, 0.25) is 0 Å². The fraction of sp³-hybridized carbons (Fsp3) is 0.250. The van der Waals surface area contributed by atoms with E-state index in [1.807, 2.05) is 6.92 Å². The molecule has 0 aliphatic carbocycles. The Balaban J connectivity index is 2.82. The monoisotopic (exact) mass is 458 g/mol. The van der Waals surface area contributed by atoms with Crippen LogP contribution < -0.4 is 9.47 Å². The van der Waals surface area contributed by atoms with Crippen molar-refractivity contribution < 1.29 is 32.6 Å². The van der Waals surface area contributed by atoms with Gasteiger partial charge in [0.15, 0.2) is 15.6 Å². The lowest BCUT2D eigenvalue weighted by Gasteiger charge is -2.20. The fourth-order valence-electron chi connectivity index (χ4n) is 3.26. The molecule has 32 heavy (non-hydrogen) atoms. The maximum absolute atomic E-state index is 13.6. The molecule has 2 aromatic rings. The number of carbonyl (C=O) groups is 2. The van der Waals surface area contributed by atoms with E-state index in [0.29, 0.717) is 17.7 Å². The summed E-state index contributed by atoms with van der Waals surface area (Å²) in [5.74, 6) is -1.15. The number of ketones is 1. The third-order valence-corrected chi connectivity index (χ3v) is 5.73. The number of hydrogen-bond donors (Lipinski definition) is 1. The van der Waals surface area contributed by atoms with Crippen LogP contribution in [-0.4, -0.2) is 44.7 Å². The molecule has 0 radical (unpaired) electrons. The van der Waals surface area contributed by atoms with Gasteiger partial charge in [-0.2, -0.15) is 0 Å². The van der Waals surface area contributed by atoms with E-state index in [0.717, 1.165) is 6.26 Å². The molecule has 0 aromatic heterocycles. The molecule has 0 unspecified atom stereocenters. The molecule has 2 rings (SSSR count). The third kappa shape index (κ3) is 5.85. The summed E-state index contributed by atoms with van der Waals surface area (Å²) in [5, 5.41) is 9.54. The van der Waals surface area contributed by atoms with Crippen LogP contribution in [-0.2, 0) is 27.5 Å². The first-order chi connectivity index (χ1) is 15.1. The van der Waals surface area contributed by atoms with E-state index in [1.54, 1.807) is 12.1 Å². The summed E-state index contributed by atoms with van der Waals surface area (Å²) in [6.07, 6.45) is 4.06. The first-order valence-electron chi connectivity index (χ1n) is 9.86. The molecule has 0 heterocycles. The zero-order valence-corrected chi connectivity index (χ0v) is 18.9. The van der Waals surface area contributed by atoms with Crippen LogP contribution in [0.4, 0.5) is 0 Å². The van der Waals surface area contributed by atoms with Gasteiger partial charge in [0.1, 0.15) is 24.7 Å². The lowest BCUT2D eigenvalue weighted by atomic mass is 9.90. The Labute approximate surface area is 187 Å². The summed E-state index contributed by atoms with van der Waals surface area (Å²) < 4.78 is 35.4. The van der Waals surface area contributed by atoms with E-state index in [1.165, 1.54) is 30.3 Å². The summed E-state index contributed by atoms with van der Waals surface area (Å²) in [7, 11) is -3.54. The molecule has 0 fully saturated rings. The second-order valence-corrected chi connectivity index (χ2v) is 8.97. The average molecular weight is 459 g/mol. The largest absolute Gasteiger partial charge is 0.489 e. The van der Waals surface area contributed by atoms with Crippen molar-refractivity contribution in [1.29, 1.82) is 0 Å². The molecule has 2 aromatic carbocycles. The average Bonchev–Trinajstić information content (AvgIpc) is 2.74. The maximum atomic E-state index is 13.6. The van der Waals surface area contributed by atoms with Crippen molar-refractivity contribution in [3.05, 3.63) is 77.9 Å². The van der Waals surface area contributed by atoms with Crippen LogP contribution >= 0.6 is 0 Å². The first kappa shape index (κ1) is 24.9. The normalized spacial score (nSPS) is 10.9. The van der Waals surface area contributed by atoms with E-state index in [9.17, 15) is 23.1 Å². The second kappa shape index (κ2) is 10.8. The van der Waals surface area contributed by atoms with Crippen molar-refractivity contribution in [2.75, 3.05) is 19.5 Å². The predicted molar refractivity (Wildman–Crippen MR) is 122 cm³/mol. The molecular formula is C24H26O7S. The number of benzene rings is 2. The second-order valence-electron chi connectivity index (χ2n) is 6.96. The topological polar surface area (TPSA) is 107 Å². The number of rotatable bonds is 12. The Morgan fingerprint density at radius 2 is 1.66 bits per heavy atom. The molecule has 0 saturated heterocycles. The highest BCUT2D eigenvalue weighted by molar-refractivity contribution is 7.90. The quantitative estimate of drug-likeness (QED) is 0.382. The van der Waals surface area contributed by atoms with Crippen LogP contribution in [0.15, 0.2) is 60.5 Å². The molecule has 0 spiro atoms. The number of hydrogen-bond acceptors (Lipinski definition) is 6. The van der Waals surface area contributed by atoms with Gasteiger partial charge < -0.3 is 14.6 Å². The molecule has 0 bridgehead atoms. The van der Waals surface area contributed by atoms with Gasteiger partial charge in [-0.15, -0.1) is 0 Å². The van der Waals surface area contributed by atoms with Gasteiger partial charge in [0.05, 0.1) is 16.9 Å². The summed E-state index contributed by atoms with van der Waals surface area (Å²) >= 11 is 0. The zero-order valence-electron chi connectivity index (χ0n) is 18.1. The molecule has 0 aliphatic rings. The van der Waals surface area contributed by atoms with Crippen LogP contribution in [0.5, 0.6) is 11.5 Å². The molecule has 170 valence electrons. The summed E-state index contributed by atoms with van der Waals surface area (Å²) in [6, 6.07) is 7.15. The summed E-state index contributed by atoms with van der Waals surface area (Å²) in [4.78, 5) is 25.2. The number of sulfone groups is 1. The van der Waals surface area contributed by atoms with Crippen molar-refractivity contribution in [3.63, 3.8) is 0 Å². The Kier molecular flexibility index (Phi) is 8.37. The SMILES string of the molecule is C=CCOc1cc(OCC=C)c(C(=O)c2cccc(S(C)(=O)=O)c2)c(CC(=O)O)c1CC. The number of carboxylic acids is 1. The minimum atomic E-state index is -3.54. The number of carboxylic acid groups (broad SMARTS) is 1. The number of carbonyl (C=O) groups excluding carboxylic acids is 1. The van der Waals surface area contributed by atoms with Gasteiger partial charge in [-0.25, -0.2) is 8.42 Å². The standard InChI is InChI=1S/C24H26O7S/c1-5-11-30-20-15-21(31-12-6-2)23(19(14-22(25)26)18(20)7-3)24(27)16-9-8-10-17(13-16)32(4,28)29/h5-6,8-10,13,15H,1-2,7,11-12,14H2,3-4H3,(H,25,26). The molecular weight excluding hydrogens is 432 g/mol. The Morgan fingerprint density at radius 1 is 1.03 bits per heavy atom. The van der Waals surface area contributed by atoms with Crippen LogP contribution in [0, 0.1) is 0 Å². The van der Waals surface area contributed by atoms with Crippen molar-refractivity contribution in [2.24, 2.45) is 0 Å². The van der Waals surface area contributed by atoms with Gasteiger partial charge in [-0.3, -0.25) is 9.59 Å². The zero-order chi connectivity index (χ0) is 23.9. The van der Waals surface area contributed by atoms with E-state index >= 15 is 0 Å². The molecule has 0 saturated carbocycles. The molecule has 7 nitrogen and oxygen atoms in total. The molecule has 0 atom stereocenters. The molecule has 1 N–H and O–H groups in total. The first-order valence-corrected chi connectivity index (χ1v) is 11.8. The number of aliphatic carboxylic acids is 1. The van der Waals surface area contributed by atoms with Gasteiger partial charge in [-0.05, 0) is 29.7 Å². The lowest BCUT2D eigenvalue weighted by Crippen LogP contribution is -2.16.